The molecule has 0 saturated carbocycles. The van der Waals surface area contributed by atoms with E-state index in [4.69, 9.17) is 4.74 Å². The lowest BCUT2D eigenvalue weighted by molar-refractivity contribution is -0.184. The summed E-state index contributed by atoms with van der Waals surface area (Å²) in [6.45, 7) is 8.73. The summed E-state index contributed by atoms with van der Waals surface area (Å²) in [4.78, 5) is 26.3. The van der Waals surface area contributed by atoms with Gasteiger partial charge in [0.05, 0.1) is 0 Å². The molecule has 0 spiro atoms. The van der Waals surface area contributed by atoms with Gasteiger partial charge in [-0.2, -0.15) is 0 Å². The van der Waals surface area contributed by atoms with Crippen molar-refractivity contribution in [3.05, 3.63) is 59.2 Å². The van der Waals surface area contributed by atoms with Gasteiger partial charge in [0.1, 0.15) is 17.1 Å². The molecular weight excluding hydrogens is 374 g/mol. The maximum atomic E-state index is 13.2. The van der Waals surface area contributed by atoms with E-state index in [1.54, 1.807) is 39.8 Å². The summed E-state index contributed by atoms with van der Waals surface area (Å²) in [5, 5.41) is 0. The molecule has 154 valence electrons. The van der Waals surface area contributed by atoms with Gasteiger partial charge in [0.2, 0.25) is 0 Å². The SMILES string of the molecule is CCc1ccc(-c2ccc(C(F)F)cc2)cc1C1C(=O)C(C)(C)OC(C)(C)C1=O. The predicted octanol–water partition coefficient (Wildman–Crippen LogP) is 5.66. The number of alkyl halides is 2. The Kier molecular flexibility index (Phi) is 5.48. The van der Waals surface area contributed by atoms with Crippen molar-refractivity contribution in [2.75, 3.05) is 0 Å². The Hall–Kier alpha value is -2.40. The van der Waals surface area contributed by atoms with Crippen LogP contribution in [0.3, 0.4) is 0 Å². The summed E-state index contributed by atoms with van der Waals surface area (Å²) >= 11 is 0. The monoisotopic (exact) mass is 400 g/mol. The number of aryl methyl sites for hydroxylation is 1. The fourth-order valence-corrected chi connectivity index (χ4v) is 4.02. The van der Waals surface area contributed by atoms with Gasteiger partial charge in [0, 0.05) is 5.56 Å². The van der Waals surface area contributed by atoms with Crippen molar-refractivity contribution in [2.45, 2.75) is 64.6 Å². The summed E-state index contributed by atoms with van der Waals surface area (Å²) in [7, 11) is 0. The highest BCUT2D eigenvalue weighted by Crippen LogP contribution is 2.40. The molecule has 3 rings (SSSR count). The minimum Gasteiger partial charge on any atom is -0.354 e. The first-order valence-electron chi connectivity index (χ1n) is 9.78. The largest absolute Gasteiger partial charge is 0.354 e. The molecule has 0 aromatic heterocycles. The highest BCUT2D eigenvalue weighted by atomic mass is 19.3. The minimum absolute atomic E-state index is 0.0440. The lowest BCUT2D eigenvalue weighted by Crippen LogP contribution is -2.58. The van der Waals surface area contributed by atoms with E-state index < -0.39 is 23.5 Å². The van der Waals surface area contributed by atoms with E-state index in [1.807, 2.05) is 25.1 Å². The van der Waals surface area contributed by atoms with Crippen LogP contribution in [0, 0.1) is 0 Å². The van der Waals surface area contributed by atoms with E-state index in [9.17, 15) is 18.4 Å². The lowest BCUT2D eigenvalue weighted by atomic mass is 9.73. The molecule has 2 aromatic rings. The molecule has 5 heteroatoms. The minimum atomic E-state index is -2.52. The summed E-state index contributed by atoms with van der Waals surface area (Å²) in [5.41, 5.74) is 0.909. The highest BCUT2D eigenvalue weighted by Gasteiger charge is 2.53. The molecule has 1 aliphatic heterocycles. The van der Waals surface area contributed by atoms with Crippen molar-refractivity contribution >= 4 is 11.6 Å². The Balaban J connectivity index is 2.12. The number of rotatable bonds is 4. The molecule has 0 unspecified atom stereocenters. The van der Waals surface area contributed by atoms with E-state index in [2.05, 4.69) is 0 Å². The topological polar surface area (TPSA) is 43.4 Å². The van der Waals surface area contributed by atoms with Gasteiger partial charge in [-0.3, -0.25) is 9.59 Å². The zero-order chi connectivity index (χ0) is 21.6. The Morgan fingerprint density at radius 1 is 0.897 bits per heavy atom. The third-order valence-electron chi connectivity index (χ3n) is 5.56. The van der Waals surface area contributed by atoms with Crippen molar-refractivity contribution in [2.24, 2.45) is 0 Å². The first-order valence-corrected chi connectivity index (χ1v) is 9.78. The first-order chi connectivity index (χ1) is 13.5. The molecule has 1 fully saturated rings. The lowest BCUT2D eigenvalue weighted by Gasteiger charge is -2.43. The molecular formula is C24H26F2O3. The first kappa shape index (κ1) is 21.3. The molecule has 0 radical (unpaired) electrons. The Bertz CT molecular complexity index is 917. The molecule has 0 amide bonds. The second-order valence-electron chi connectivity index (χ2n) is 8.47. The number of Topliss-reactive ketones (excluding diaryl/α,β-unsaturated/α-hetero) is 2. The third kappa shape index (κ3) is 3.88. The fraction of sp³-hybridized carbons (Fsp3) is 0.417. The number of hydrogen-bond donors (Lipinski definition) is 0. The van der Waals surface area contributed by atoms with Gasteiger partial charge in [-0.15, -0.1) is 0 Å². The standard InChI is InChI=1S/C24H26F2O3/c1-6-14-7-12-17(15-8-10-16(11-9-15)22(25)26)13-18(14)19-20(27)23(2,3)29-24(4,5)21(19)28/h7-13,19,22H,6H2,1-5H3. The van der Waals surface area contributed by atoms with Crippen LogP contribution >= 0.6 is 0 Å². The van der Waals surface area contributed by atoms with Crippen LogP contribution in [-0.2, 0) is 20.7 Å². The van der Waals surface area contributed by atoms with Gasteiger partial charge >= 0.3 is 0 Å². The smallest absolute Gasteiger partial charge is 0.263 e. The second kappa shape index (κ2) is 7.45. The fourth-order valence-electron chi connectivity index (χ4n) is 4.02. The number of benzene rings is 2. The highest BCUT2D eigenvalue weighted by molar-refractivity contribution is 6.15. The van der Waals surface area contributed by atoms with E-state index in [1.165, 1.54) is 12.1 Å². The van der Waals surface area contributed by atoms with Crippen LogP contribution in [0.2, 0.25) is 0 Å². The molecule has 29 heavy (non-hydrogen) atoms. The molecule has 1 aliphatic rings. The summed E-state index contributed by atoms with van der Waals surface area (Å²) in [6.07, 6.45) is -1.86. The second-order valence-corrected chi connectivity index (χ2v) is 8.47. The summed E-state index contributed by atoms with van der Waals surface area (Å²) in [5.74, 6) is -1.44. The van der Waals surface area contributed by atoms with E-state index in [-0.39, 0.29) is 17.1 Å². The number of hydrogen-bond acceptors (Lipinski definition) is 3. The number of carbonyl (C=O) groups is 2. The Morgan fingerprint density at radius 3 is 1.90 bits per heavy atom. The number of ketones is 2. The molecule has 0 bridgehead atoms. The van der Waals surface area contributed by atoms with Crippen LogP contribution in [0.5, 0.6) is 0 Å². The van der Waals surface area contributed by atoms with Gasteiger partial charge in [-0.25, -0.2) is 8.78 Å². The van der Waals surface area contributed by atoms with E-state index >= 15 is 0 Å². The van der Waals surface area contributed by atoms with Crippen LogP contribution in [0.25, 0.3) is 11.1 Å². The maximum Gasteiger partial charge on any atom is 0.263 e. The van der Waals surface area contributed by atoms with Crippen molar-refractivity contribution in [3.8, 4) is 11.1 Å². The Morgan fingerprint density at radius 2 is 1.41 bits per heavy atom. The normalized spacial score (nSPS) is 19.0. The van der Waals surface area contributed by atoms with Gasteiger partial charge in [-0.05, 0) is 62.4 Å². The number of ether oxygens (including phenoxy) is 1. The van der Waals surface area contributed by atoms with Crippen LogP contribution in [0.15, 0.2) is 42.5 Å². The van der Waals surface area contributed by atoms with Crippen molar-refractivity contribution in [3.63, 3.8) is 0 Å². The maximum absolute atomic E-state index is 13.2. The van der Waals surface area contributed by atoms with Crippen LogP contribution in [-0.4, -0.2) is 22.8 Å². The quantitative estimate of drug-likeness (QED) is 0.622. The molecule has 3 nitrogen and oxygen atoms in total. The number of carbonyl (C=O) groups excluding carboxylic acids is 2. The third-order valence-corrected chi connectivity index (χ3v) is 5.56. The summed E-state index contributed by atoms with van der Waals surface area (Å²) < 4.78 is 31.5. The number of halogens is 2. The van der Waals surface area contributed by atoms with Crippen molar-refractivity contribution in [1.29, 1.82) is 0 Å². The molecule has 1 saturated heterocycles. The molecule has 0 aliphatic carbocycles. The van der Waals surface area contributed by atoms with Crippen LogP contribution in [0.1, 0.15) is 63.7 Å². The Labute approximate surface area is 170 Å². The van der Waals surface area contributed by atoms with Crippen LogP contribution < -0.4 is 0 Å². The molecule has 2 aromatic carbocycles. The van der Waals surface area contributed by atoms with Gasteiger partial charge in [0.25, 0.3) is 6.43 Å². The van der Waals surface area contributed by atoms with E-state index in [0.29, 0.717) is 12.0 Å². The molecule has 0 atom stereocenters. The zero-order valence-corrected chi connectivity index (χ0v) is 17.4. The van der Waals surface area contributed by atoms with Crippen molar-refractivity contribution < 1.29 is 23.1 Å². The molecule has 1 heterocycles. The molecule has 0 N–H and O–H groups in total. The average molecular weight is 400 g/mol. The predicted molar refractivity (Wildman–Crippen MR) is 108 cm³/mol. The van der Waals surface area contributed by atoms with E-state index in [0.717, 1.165) is 16.7 Å². The summed E-state index contributed by atoms with van der Waals surface area (Å²) in [6, 6.07) is 11.7. The van der Waals surface area contributed by atoms with Gasteiger partial charge in [0.15, 0.2) is 11.6 Å². The van der Waals surface area contributed by atoms with Gasteiger partial charge < -0.3 is 4.74 Å². The zero-order valence-electron chi connectivity index (χ0n) is 17.4. The van der Waals surface area contributed by atoms with Crippen LogP contribution in [0.4, 0.5) is 8.78 Å². The van der Waals surface area contributed by atoms with Gasteiger partial charge in [-0.1, -0.05) is 43.3 Å². The van der Waals surface area contributed by atoms with Crippen molar-refractivity contribution in [1.82, 2.24) is 0 Å². The average Bonchev–Trinajstić information content (AvgIpc) is 2.66.